The van der Waals surface area contributed by atoms with E-state index >= 15 is 0 Å². The van der Waals surface area contributed by atoms with Crippen LogP contribution in [-0.2, 0) is 21.2 Å². The van der Waals surface area contributed by atoms with E-state index in [2.05, 4.69) is 49.0 Å². The van der Waals surface area contributed by atoms with Crippen molar-refractivity contribution in [3.8, 4) is 0 Å². The number of nitrogens with one attached hydrogen (secondary N) is 2. The molecule has 1 aromatic heterocycles. The van der Waals surface area contributed by atoms with Crippen LogP contribution in [0.25, 0.3) is 0 Å². The Bertz CT molecular complexity index is 1430. The predicted octanol–water partition coefficient (Wildman–Crippen LogP) is 3.82. The van der Waals surface area contributed by atoms with Gasteiger partial charge in [0.25, 0.3) is 0 Å². The average Bonchev–Trinajstić information content (AvgIpc) is 2.89. The molecule has 4 rings (SSSR count). The van der Waals surface area contributed by atoms with Gasteiger partial charge in [0.2, 0.25) is 16.0 Å². The van der Waals surface area contributed by atoms with E-state index in [-0.39, 0.29) is 23.5 Å². The Balaban J connectivity index is 1.57. The summed E-state index contributed by atoms with van der Waals surface area (Å²) in [4.78, 5) is 26.5. The molecule has 0 saturated carbocycles. The largest absolute Gasteiger partial charge is 0.462 e. The molecule has 40 heavy (non-hydrogen) atoms. The second kappa shape index (κ2) is 12.3. The number of nitrogens with zero attached hydrogens (tertiary/aromatic N) is 4. The van der Waals surface area contributed by atoms with Gasteiger partial charge in [-0.05, 0) is 76.7 Å². The van der Waals surface area contributed by atoms with Gasteiger partial charge in [0.1, 0.15) is 0 Å². The number of carbonyl (C=O) groups excluding carboxylic acids is 1. The molecule has 2 heterocycles. The third-order valence-electron chi connectivity index (χ3n) is 6.38. The van der Waals surface area contributed by atoms with E-state index in [1.165, 1.54) is 6.20 Å². The van der Waals surface area contributed by atoms with E-state index in [4.69, 9.17) is 4.74 Å². The SMILES string of the molecule is CCOC(=O)c1cnc(Nc2ccc(N3CCN(C)CC3)cc2)nc1Cc1cccc(S(=O)(=O)NC(C)(C)C)c1. The summed E-state index contributed by atoms with van der Waals surface area (Å²) >= 11 is 0. The number of hydrogen-bond acceptors (Lipinski definition) is 9. The topological polar surface area (TPSA) is 117 Å². The summed E-state index contributed by atoms with van der Waals surface area (Å²) in [6.45, 7) is 11.3. The minimum Gasteiger partial charge on any atom is -0.462 e. The van der Waals surface area contributed by atoms with Gasteiger partial charge in [-0.25, -0.2) is 27.9 Å². The van der Waals surface area contributed by atoms with Crippen molar-refractivity contribution in [3.63, 3.8) is 0 Å². The second-order valence-electron chi connectivity index (χ2n) is 10.9. The van der Waals surface area contributed by atoms with Crippen LogP contribution in [0.5, 0.6) is 0 Å². The summed E-state index contributed by atoms with van der Waals surface area (Å²) in [6, 6.07) is 14.7. The quantitative estimate of drug-likeness (QED) is 0.373. The minimum atomic E-state index is -3.72. The first kappa shape index (κ1) is 29.4. The Hall–Kier alpha value is -3.54. The molecular weight excluding hydrogens is 528 g/mol. The van der Waals surface area contributed by atoms with Crippen LogP contribution in [-0.4, -0.2) is 74.6 Å². The maximum Gasteiger partial charge on any atom is 0.341 e. The molecule has 2 N–H and O–H groups in total. The Labute approximate surface area is 236 Å². The summed E-state index contributed by atoms with van der Waals surface area (Å²) in [5.74, 6) is -0.202. The Morgan fingerprint density at radius 3 is 2.40 bits per heavy atom. The van der Waals surface area contributed by atoms with Crippen molar-refractivity contribution in [1.29, 1.82) is 0 Å². The van der Waals surface area contributed by atoms with Gasteiger partial charge < -0.3 is 19.9 Å². The van der Waals surface area contributed by atoms with Gasteiger partial charge in [0.15, 0.2) is 0 Å². The van der Waals surface area contributed by atoms with E-state index in [0.717, 1.165) is 37.6 Å². The minimum absolute atomic E-state index is 0.144. The van der Waals surface area contributed by atoms with Crippen molar-refractivity contribution in [1.82, 2.24) is 19.6 Å². The van der Waals surface area contributed by atoms with Crippen molar-refractivity contribution in [2.75, 3.05) is 50.1 Å². The lowest BCUT2D eigenvalue weighted by molar-refractivity contribution is 0.0524. The van der Waals surface area contributed by atoms with Crippen LogP contribution in [0.1, 0.15) is 49.3 Å². The van der Waals surface area contributed by atoms with Crippen LogP contribution < -0.4 is 14.9 Å². The van der Waals surface area contributed by atoms with Gasteiger partial charge >= 0.3 is 5.97 Å². The van der Waals surface area contributed by atoms with Crippen LogP contribution in [0.4, 0.5) is 17.3 Å². The fraction of sp³-hybridized carbons (Fsp3) is 0.414. The number of rotatable bonds is 9. The van der Waals surface area contributed by atoms with Crippen molar-refractivity contribution in [2.45, 2.75) is 44.6 Å². The molecule has 0 aliphatic carbocycles. The van der Waals surface area contributed by atoms with E-state index < -0.39 is 21.5 Å². The molecule has 0 unspecified atom stereocenters. The Morgan fingerprint density at radius 2 is 1.75 bits per heavy atom. The lowest BCUT2D eigenvalue weighted by atomic mass is 10.1. The molecule has 0 atom stereocenters. The molecule has 0 spiro atoms. The van der Waals surface area contributed by atoms with Crippen LogP contribution in [0, 0.1) is 0 Å². The van der Waals surface area contributed by atoms with Gasteiger partial charge in [-0.3, -0.25) is 0 Å². The summed E-state index contributed by atoms with van der Waals surface area (Å²) in [6.07, 6.45) is 1.66. The van der Waals surface area contributed by atoms with Crippen molar-refractivity contribution in [2.24, 2.45) is 0 Å². The number of sulfonamides is 1. The second-order valence-corrected chi connectivity index (χ2v) is 12.6. The highest BCUT2D eigenvalue weighted by Crippen LogP contribution is 2.23. The molecule has 2 aromatic carbocycles. The van der Waals surface area contributed by atoms with Crippen LogP contribution in [0.2, 0.25) is 0 Å². The fourth-order valence-electron chi connectivity index (χ4n) is 4.42. The number of anilines is 3. The van der Waals surface area contributed by atoms with Crippen molar-refractivity contribution in [3.05, 3.63) is 71.5 Å². The molecule has 1 saturated heterocycles. The zero-order chi connectivity index (χ0) is 28.9. The summed E-state index contributed by atoms with van der Waals surface area (Å²) in [5.41, 5.74) is 2.70. The normalized spacial score (nSPS) is 14.7. The van der Waals surface area contributed by atoms with Gasteiger partial charge in [0, 0.05) is 55.7 Å². The monoisotopic (exact) mass is 566 g/mol. The number of esters is 1. The van der Waals surface area contributed by atoms with Crippen LogP contribution in [0.3, 0.4) is 0 Å². The standard InChI is InChI=1S/C29H38N6O4S/c1-6-39-27(36)25-20-30-28(31-22-10-12-23(13-11-22)35-16-14-34(5)15-17-35)32-26(25)19-21-8-7-9-24(18-21)40(37,38)33-29(2,3)4/h7-13,18,20,33H,6,14-17,19H2,1-5H3,(H,30,31,32). The summed E-state index contributed by atoms with van der Waals surface area (Å²) in [5, 5.41) is 3.22. The molecular formula is C29H38N6O4S. The molecule has 11 heteroatoms. The number of aromatic nitrogens is 2. The predicted molar refractivity (Wildman–Crippen MR) is 157 cm³/mol. The summed E-state index contributed by atoms with van der Waals surface area (Å²) in [7, 11) is -1.59. The molecule has 0 bridgehead atoms. The Morgan fingerprint density at radius 1 is 1.05 bits per heavy atom. The van der Waals surface area contributed by atoms with E-state index in [9.17, 15) is 13.2 Å². The molecule has 1 aliphatic heterocycles. The maximum absolute atomic E-state index is 12.9. The lowest BCUT2D eigenvalue weighted by Crippen LogP contribution is -2.44. The van der Waals surface area contributed by atoms with E-state index in [1.807, 2.05) is 12.1 Å². The van der Waals surface area contributed by atoms with Crippen LogP contribution >= 0.6 is 0 Å². The van der Waals surface area contributed by atoms with Crippen molar-refractivity contribution < 1.29 is 17.9 Å². The highest BCUT2D eigenvalue weighted by Gasteiger charge is 2.23. The van der Waals surface area contributed by atoms with E-state index in [1.54, 1.807) is 52.0 Å². The fourth-order valence-corrected chi connectivity index (χ4v) is 5.91. The number of piperazine rings is 1. The van der Waals surface area contributed by atoms with Crippen molar-refractivity contribution >= 4 is 33.3 Å². The molecule has 0 radical (unpaired) electrons. The van der Waals surface area contributed by atoms with E-state index in [0.29, 0.717) is 17.2 Å². The third kappa shape index (κ3) is 7.77. The number of carbonyl (C=O) groups is 1. The molecule has 3 aromatic rings. The highest BCUT2D eigenvalue weighted by atomic mass is 32.2. The molecule has 214 valence electrons. The first-order valence-corrected chi connectivity index (χ1v) is 14.9. The third-order valence-corrected chi connectivity index (χ3v) is 8.13. The zero-order valence-electron chi connectivity index (χ0n) is 23.8. The zero-order valence-corrected chi connectivity index (χ0v) is 24.6. The molecule has 0 amide bonds. The van der Waals surface area contributed by atoms with Gasteiger partial charge in [-0.1, -0.05) is 12.1 Å². The number of benzene rings is 2. The molecule has 10 nitrogen and oxygen atoms in total. The van der Waals surface area contributed by atoms with Crippen LogP contribution in [0.15, 0.2) is 59.6 Å². The highest BCUT2D eigenvalue weighted by molar-refractivity contribution is 7.89. The first-order chi connectivity index (χ1) is 18.9. The smallest absolute Gasteiger partial charge is 0.341 e. The molecule has 1 aliphatic rings. The summed E-state index contributed by atoms with van der Waals surface area (Å²) < 4.78 is 33.7. The molecule has 1 fully saturated rings. The average molecular weight is 567 g/mol. The van der Waals surface area contributed by atoms with Gasteiger partial charge in [0.05, 0.1) is 22.8 Å². The maximum atomic E-state index is 12.9. The number of hydrogen-bond donors (Lipinski definition) is 2. The van der Waals surface area contributed by atoms with Gasteiger partial charge in [-0.2, -0.15) is 0 Å². The van der Waals surface area contributed by atoms with Gasteiger partial charge in [-0.15, -0.1) is 0 Å². The number of likely N-dealkylation sites (N-methyl/N-ethyl adjacent to an activating group) is 1. The number of ether oxygens (including phenoxy) is 1. The first-order valence-electron chi connectivity index (χ1n) is 13.4. The lowest BCUT2D eigenvalue weighted by Gasteiger charge is -2.34. The Kier molecular flexibility index (Phi) is 9.07.